The Morgan fingerprint density at radius 2 is 1.76 bits per heavy atom. The highest BCUT2D eigenvalue weighted by Gasteiger charge is 2.26. The number of carbonyl (C=O) groups is 2. The van der Waals surface area contributed by atoms with Crippen molar-refractivity contribution in [1.82, 2.24) is 5.32 Å². The molecule has 0 unspecified atom stereocenters. The van der Waals surface area contributed by atoms with Gasteiger partial charge in [0, 0.05) is 6.07 Å². The van der Waals surface area contributed by atoms with E-state index in [0.29, 0.717) is 6.07 Å². The first kappa shape index (κ1) is 16.8. The highest BCUT2D eigenvalue weighted by Crippen LogP contribution is 2.19. The molecule has 116 valence electrons. The zero-order valence-corrected chi connectivity index (χ0v) is 10.2. The molecule has 0 bridgehead atoms. The predicted octanol–water partition coefficient (Wildman–Crippen LogP) is 1.75. The topological polar surface area (TPSA) is 78.4 Å². The fourth-order valence-electron chi connectivity index (χ4n) is 1.32. The van der Waals surface area contributed by atoms with Crippen LogP contribution in [-0.4, -0.2) is 36.2 Å². The van der Waals surface area contributed by atoms with Crippen LogP contribution in [0.3, 0.4) is 0 Å². The van der Waals surface area contributed by atoms with Crippen molar-refractivity contribution in [2.75, 3.05) is 18.4 Å². The first-order chi connectivity index (χ1) is 9.60. The van der Waals surface area contributed by atoms with Gasteiger partial charge in [0.15, 0.2) is 0 Å². The van der Waals surface area contributed by atoms with Crippen LogP contribution >= 0.6 is 0 Å². The zero-order chi connectivity index (χ0) is 16.2. The first-order valence-electron chi connectivity index (χ1n) is 5.40. The van der Waals surface area contributed by atoms with Crippen molar-refractivity contribution in [3.8, 4) is 0 Å². The van der Waals surface area contributed by atoms with E-state index >= 15 is 0 Å². The van der Waals surface area contributed by atoms with Gasteiger partial charge in [0.25, 0.3) is 0 Å². The molecule has 1 rings (SSSR count). The number of carboxylic acids is 1. The highest BCUT2D eigenvalue weighted by atomic mass is 19.4. The summed E-state index contributed by atoms with van der Waals surface area (Å²) in [6.45, 7) is -2.20. The van der Waals surface area contributed by atoms with Crippen LogP contribution in [-0.2, 0) is 4.79 Å². The van der Waals surface area contributed by atoms with Crippen LogP contribution < -0.4 is 10.6 Å². The summed E-state index contributed by atoms with van der Waals surface area (Å²) in [5.74, 6) is -5.31. The molecule has 0 aliphatic rings. The van der Waals surface area contributed by atoms with Gasteiger partial charge in [-0.2, -0.15) is 13.2 Å². The van der Waals surface area contributed by atoms with Gasteiger partial charge >= 0.3 is 12.1 Å². The fourth-order valence-corrected chi connectivity index (χ4v) is 1.32. The monoisotopic (exact) mass is 312 g/mol. The maximum Gasteiger partial charge on any atom is 0.401 e. The Hall–Kier alpha value is -2.23. The number of aromatic carboxylic acids is 1. The molecule has 3 N–H and O–H groups in total. The summed E-state index contributed by atoms with van der Waals surface area (Å²) in [5, 5.41) is 12.2. The van der Waals surface area contributed by atoms with Crippen molar-refractivity contribution >= 4 is 17.6 Å². The molecule has 0 saturated heterocycles. The molecule has 0 aliphatic heterocycles. The minimum Gasteiger partial charge on any atom is -0.478 e. The van der Waals surface area contributed by atoms with Gasteiger partial charge < -0.3 is 15.7 Å². The molecule has 1 aromatic carbocycles. The van der Waals surface area contributed by atoms with Gasteiger partial charge in [0.2, 0.25) is 5.91 Å². The van der Waals surface area contributed by atoms with Gasteiger partial charge in [-0.25, -0.2) is 13.6 Å². The quantitative estimate of drug-likeness (QED) is 0.724. The average molecular weight is 312 g/mol. The Labute approximate surface area is 114 Å². The number of anilines is 1. The molecular weight excluding hydrogens is 303 g/mol. The lowest BCUT2D eigenvalue weighted by Crippen LogP contribution is -2.35. The van der Waals surface area contributed by atoms with Crippen molar-refractivity contribution in [3.63, 3.8) is 0 Å². The van der Waals surface area contributed by atoms with Crippen LogP contribution in [0.25, 0.3) is 0 Å². The molecule has 1 aromatic rings. The van der Waals surface area contributed by atoms with Crippen molar-refractivity contribution in [2.24, 2.45) is 0 Å². The van der Waals surface area contributed by atoms with Crippen LogP contribution in [0.5, 0.6) is 0 Å². The molecule has 0 aromatic heterocycles. The number of carbonyl (C=O) groups excluding carboxylic acids is 1. The van der Waals surface area contributed by atoms with E-state index in [1.807, 2.05) is 5.32 Å². The molecule has 21 heavy (non-hydrogen) atoms. The fraction of sp³-hybridized carbons (Fsp3) is 0.273. The summed E-state index contributed by atoms with van der Waals surface area (Å²) in [6, 6.07) is 0.789. The lowest BCUT2D eigenvalue weighted by Gasteiger charge is -2.10. The lowest BCUT2D eigenvalue weighted by molar-refractivity contribution is -0.127. The summed E-state index contributed by atoms with van der Waals surface area (Å²) in [7, 11) is 0. The van der Waals surface area contributed by atoms with E-state index in [0.717, 1.165) is 0 Å². The Kier molecular flexibility index (Phi) is 5.19. The summed E-state index contributed by atoms with van der Waals surface area (Å²) >= 11 is 0. The second-order valence-electron chi connectivity index (χ2n) is 3.88. The summed E-state index contributed by atoms with van der Waals surface area (Å²) in [6.07, 6.45) is -4.52. The SMILES string of the molecule is O=C(CNCC(F)(F)F)Nc1cc(C(=O)O)c(F)cc1F. The van der Waals surface area contributed by atoms with E-state index in [9.17, 15) is 31.5 Å². The summed E-state index contributed by atoms with van der Waals surface area (Å²) in [4.78, 5) is 21.9. The predicted molar refractivity (Wildman–Crippen MR) is 60.9 cm³/mol. The number of hydrogen-bond donors (Lipinski definition) is 3. The number of benzene rings is 1. The molecule has 0 heterocycles. The molecule has 0 atom stereocenters. The number of halogens is 5. The molecule has 10 heteroatoms. The molecule has 0 spiro atoms. The minimum absolute atomic E-state index is 0.252. The Morgan fingerprint density at radius 3 is 2.29 bits per heavy atom. The largest absolute Gasteiger partial charge is 0.478 e. The van der Waals surface area contributed by atoms with E-state index in [4.69, 9.17) is 5.11 Å². The Balaban J connectivity index is 2.72. The van der Waals surface area contributed by atoms with E-state index < -0.39 is 54.0 Å². The van der Waals surface area contributed by atoms with Gasteiger partial charge in [-0.1, -0.05) is 0 Å². The van der Waals surface area contributed by atoms with E-state index in [-0.39, 0.29) is 6.07 Å². The second kappa shape index (κ2) is 6.48. The number of amides is 1. The minimum atomic E-state index is -4.52. The molecule has 0 saturated carbocycles. The average Bonchev–Trinajstić information content (AvgIpc) is 2.30. The third-order valence-electron chi connectivity index (χ3n) is 2.17. The summed E-state index contributed by atoms with van der Waals surface area (Å²) < 4.78 is 61.9. The van der Waals surface area contributed by atoms with Crippen molar-refractivity contribution in [1.29, 1.82) is 0 Å². The van der Waals surface area contributed by atoms with Gasteiger partial charge in [-0.3, -0.25) is 4.79 Å². The van der Waals surface area contributed by atoms with Crippen LogP contribution in [0.15, 0.2) is 12.1 Å². The highest BCUT2D eigenvalue weighted by molar-refractivity contribution is 5.95. The van der Waals surface area contributed by atoms with E-state index in [1.54, 1.807) is 5.32 Å². The van der Waals surface area contributed by atoms with Gasteiger partial charge in [-0.05, 0) is 6.07 Å². The number of carboxylic acid groups (broad SMARTS) is 1. The standard InChI is InChI=1S/C11H9F5N2O3/c12-6-2-7(13)8(1-5(6)10(20)21)18-9(19)3-17-4-11(14,15)16/h1-2,17H,3-4H2,(H,18,19)(H,20,21). The maximum atomic E-state index is 13.3. The smallest absolute Gasteiger partial charge is 0.401 e. The normalized spacial score (nSPS) is 11.3. The molecule has 0 aliphatic carbocycles. The molecular formula is C11H9F5N2O3. The van der Waals surface area contributed by atoms with Gasteiger partial charge in [0.05, 0.1) is 24.3 Å². The van der Waals surface area contributed by atoms with Crippen LogP contribution in [0.1, 0.15) is 10.4 Å². The number of nitrogens with one attached hydrogen (secondary N) is 2. The zero-order valence-electron chi connectivity index (χ0n) is 10.2. The van der Waals surface area contributed by atoms with E-state index in [2.05, 4.69) is 0 Å². The van der Waals surface area contributed by atoms with Crippen LogP contribution in [0, 0.1) is 11.6 Å². The third kappa shape index (κ3) is 5.34. The number of rotatable bonds is 5. The Bertz CT molecular complexity index is 560. The number of alkyl halides is 3. The second-order valence-corrected chi connectivity index (χ2v) is 3.88. The van der Waals surface area contributed by atoms with Crippen molar-refractivity contribution in [3.05, 3.63) is 29.3 Å². The summed E-state index contributed by atoms with van der Waals surface area (Å²) in [5.41, 5.74) is -1.53. The first-order valence-corrected chi connectivity index (χ1v) is 5.40. The Morgan fingerprint density at radius 1 is 1.14 bits per heavy atom. The number of hydrogen-bond acceptors (Lipinski definition) is 3. The van der Waals surface area contributed by atoms with Crippen LogP contribution in [0.2, 0.25) is 0 Å². The lowest BCUT2D eigenvalue weighted by atomic mass is 10.2. The van der Waals surface area contributed by atoms with Gasteiger partial charge in [-0.15, -0.1) is 0 Å². The van der Waals surface area contributed by atoms with Crippen LogP contribution in [0.4, 0.5) is 27.6 Å². The van der Waals surface area contributed by atoms with E-state index in [1.165, 1.54) is 0 Å². The maximum absolute atomic E-state index is 13.3. The molecule has 1 amide bonds. The molecule has 5 nitrogen and oxygen atoms in total. The van der Waals surface area contributed by atoms with Crippen molar-refractivity contribution < 1.29 is 36.6 Å². The van der Waals surface area contributed by atoms with Gasteiger partial charge in [0.1, 0.15) is 11.6 Å². The third-order valence-corrected chi connectivity index (χ3v) is 2.17. The molecule has 0 radical (unpaired) electrons. The molecule has 0 fully saturated rings. The van der Waals surface area contributed by atoms with Crippen molar-refractivity contribution in [2.45, 2.75) is 6.18 Å².